The number of nitrogens with zero attached hydrogens (tertiary/aromatic N) is 1. The molecule has 1 heterocycles. The van der Waals surface area contributed by atoms with Crippen molar-refractivity contribution in [3.63, 3.8) is 0 Å². The molecule has 0 aromatic heterocycles. The maximum Gasteiger partial charge on any atom is 0.0965 e. The molecule has 3 heteroatoms. The molecule has 1 aliphatic heterocycles. The maximum atomic E-state index is 4.57. The van der Waals surface area contributed by atoms with Crippen molar-refractivity contribution in [3.8, 4) is 0 Å². The predicted octanol–water partition coefficient (Wildman–Crippen LogP) is 2.69. The van der Waals surface area contributed by atoms with Crippen molar-refractivity contribution >= 4 is 17.6 Å². The maximum absolute atomic E-state index is 4.57. The normalized spacial score (nSPS) is 19.7. The van der Waals surface area contributed by atoms with Crippen molar-refractivity contribution in [2.24, 2.45) is 4.99 Å². The molecule has 0 spiro atoms. The highest BCUT2D eigenvalue weighted by Gasteiger charge is 2.07. The SMILES string of the molecule is CSCCC(C)NC1=NCCCCC1. The van der Waals surface area contributed by atoms with Crippen LogP contribution in [0.5, 0.6) is 0 Å². The number of amidine groups is 1. The van der Waals surface area contributed by atoms with Crippen LogP contribution < -0.4 is 5.32 Å². The van der Waals surface area contributed by atoms with Crippen LogP contribution in [0.15, 0.2) is 4.99 Å². The van der Waals surface area contributed by atoms with Crippen LogP contribution in [0.4, 0.5) is 0 Å². The second-order valence-electron chi connectivity index (χ2n) is 3.97. The highest BCUT2D eigenvalue weighted by Crippen LogP contribution is 2.07. The van der Waals surface area contributed by atoms with Crippen molar-refractivity contribution in [1.29, 1.82) is 0 Å². The fourth-order valence-electron chi connectivity index (χ4n) is 1.64. The van der Waals surface area contributed by atoms with Gasteiger partial charge in [0.1, 0.15) is 0 Å². The Kier molecular flexibility index (Phi) is 6.08. The molecule has 1 unspecified atom stereocenters. The summed E-state index contributed by atoms with van der Waals surface area (Å²) in [6, 6.07) is 0.583. The fraction of sp³-hybridized carbons (Fsp3) is 0.909. The van der Waals surface area contributed by atoms with Gasteiger partial charge in [0.2, 0.25) is 0 Å². The van der Waals surface area contributed by atoms with Gasteiger partial charge >= 0.3 is 0 Å². The monoisotopic (exact) mass is 214 g/mol. The average molecular weight is 214 g/mol. The molecule has 1 atom stereocenters. The molecule has 0 bridgehead atoms. The zero-order valence-corrected chi connectivity index (χ0v) is 10.2. The fourth-order valence-corrected chi connectivity index (χ4v) is 2.23. The molecule has 0 radical (unpaired) electrons. The summed E-state index contributed by atoms with van der Waals surface area (Å²) < 4.78 is 0. The standard InChI is InChI=1S/C11H22N2S/c1-10(7-9-14-2)13-11-6-4-3-5-8-12-11/h10H,3-9H2,1-2H3,(H,12,13). The second kappa shape index (κ2) is 7.16. The summed E-state index contributed by atoms with van der Waals surface area (Å²) in [5, 5.41) is 3.53. The molecule has 1 N–H and O–H groups in total. The van der Waals surface area contributed by atoms with E-state index in [0.29, 0.717) is 6.04 Å². The van der Waals surface area contributed by atoms with Crippen LogP contribution in [-0.4, -0.2) is 30.4 Å². The van der Waals surface area contributed by atoms with E-state index < -0.39 is 0 Å². The molecule has 1 rings (SSSR count). The Morgan fingerprint density at radius 3 is 3.07 bits per heavy atom. The summed E-state index contributed by atoms with van der Waals surface area (Å²) in [7, 11) is 0. The molecule has 0 aliphatic carbocycles. The van der Waals surface area contributed by atoms with E-state index in [9.17, 15) is 0 Å². The van der Waals surface area contributed by atoms with Crippen LogP contribution in [0.2, 0.25) is 0 Å². The molecule has 0 aromatic carbocycles. The average Bonchev–Trinajstić information content (AvgIpc) is 2.43. The Morgan fingerprint density at radius 2 is 2.29 bits per heavy atom. The van der Waals surface area contributed by atoms with Gasteiger partial charge in [0.25, 0.3) is 0 Å². The third-order valence-corrected chi connectivity index (χ3v) is 3.19. The number of hydrogen-bond acceptors (Lipinski definition) is 3. The molecular formula is C11H22N2S. The zero-order valence-electron chi connectivity index (χ0n) is 9.38. The molecule has 0 amide bonds. The minimum Gasteiger partial charge on any atom is -0.371 e. The lowest BCUT2D eigenvalue weighted by atomic mass is 10.2. The van der Waals surface area contributed by atoms with Gasteiger partial charge in [0, 0.05) is 19.0 Å². The molecule has 1 aliphatic rings. The van der Waals surface area contributed by atoms with Crippen molar-refractivity contribution in [2.75, 3.05) is 18.6 Å². The van der Waals surface area contributed by atoms with E-state index in [1.165, 1.54) is 37.3 Å². The summed E-state index contributed by atoms with van der Waals surface area (Å²) in [6.45, 7) is 3.28. The molecule has 82 valence electrons. The number of aliphatic imine (C=N–C) groups is 1. The zero-order chi connectivity index (χ0) is 10.2. The summed E-state index contributed by atoms with van der Waals surface area (Å²) in [6.07, 6.45) is 8.47. The van der Waals surface area contributed by atoms with E-state index in [1.807, 2.05) is 11.8 Å². The quantitative estimate of drug-likeness (QED) is 0.778. The molecule has 0 saturated heterocycles. The number of nitrogens with one attached hydrogen (secondary N) is 1. The number of rotatable bonds is 4. The Balaban J connectivity index is 2.23. The minimum atomic E-state index is 0.583. The largest absolute Gasteiger partial charge is 0.371 e. The first kappa shape index (κ1) is 11.9. The Labute approximate surface area is 92.0 Å². The van der Waals surface area contributed by atoms with Crippen LogP contribution in [0.1, 0.15) is 39.0 Å². The topological polar surface area (TPSA) is 24.4 Å². The molecule has 0 saturated carbocycles. The molecule has 0 aromatic rings. The predicted molar refractivity (Wildman–Crippen MR) is 66.4 cm³/mol. The first-order valence-corrected chi connectivity index (χ1v) is 7.01. The van der Waals surface area contributed by atoms with Gasteiger partial charge in [0.15, 0.2) is 0 Å². The van der Waals surface area contributed by atoms with Crippen LogP contribution in [0, 0.1) is 0 Å². The molecule has 2 nitrogen and oxygen atoms in total. The Bertz CT molecular complexity index is 180. The van der Waals surface area contributed by atoms with Crippen molar-refractivity contribution in [3.05, 3.63) is 0 Å². The van der Waals surface area contributed by atoms with Crippen molar-refractivity contribution < 1.29 is 0 Å². The Hall–Kier alpha value is -0.180. The lowest BCUT2D eigenvalue weighted by Crippen LogP contribution is -2.32. The van der Waals surface area contributed by atoms with Crippen LogP contribution >= 0.6 is 11.8 Å². The van der Waals surface area contributed by atoms with E-state index in [-0.39, 0.29) is 0 Å². The van der Waals surface area contributed by atoms with Gasteiger partial charge < -0.3 is 5.32 Å². The lowest BCUT2D eigenvalue weighted by molar-refractivity contribution is 0.636. The summed E-state index contributed by atoms with van der Waals surface area (Å²) >= 11 is 1.92. The second-order valence-corrected chi connectivity index (χ2v) is 4.95. The van der Waals surface area contributed by atoms with E-state index in [1.54, 1.807) is 0 Å². The van der Waals surface area contributed by atoms with E-state index in [4.69, 9.17) is 0 Å². The Morgan fingerprint density at radius 1 is 1.43 bits per heavy atom. The van der Waals surface area contributed by atoms with Gasteiger partial charge in [-0.05, 0) is 38.2 Å². The summed E-state index contributed by atoms with van der Waals surface area (Å²) in [5.41, 5.74) is 0. The van der Waals surface area contributed by atoms with Crippen LogP contribution in [0.25, 0.3) is 0 Å². The van der Waals surface area contributed by atoms with Gasteiger partial charge in [0.05, 0.1) is 5.84 Å². The van der Waals surface area contributed by atoms with Gasteiger partial charge in [-0.1, -0.05) is 6.42 Å². The third kappa shape index (κ3) is 4.89. The van der Waals surface area contributed by atoms with Gasteiger partial charge in [-0.25, -0.2) is 0 Å². The highest BCUT2D eigenvalue weighted by molar-refractivity contribution is 7.98. The smallest absolute Gasteiger partial charge is 0.0965 e. The van der Waals surface area contributed by atoms with Crippen molar-refractivity contribution in [1.82, 2.24) is 5.32 Å². The molecule has 14 heavy (non-hydrogen) atoms. The third-order valence-electron chi connectivity index (χ3n) is 2.54. The van der Waals surface area contributed by atoms with E-state index >= 15 is 0 Å². The van der Waals surface area contributed by atoms with Crippen LogP contribution in [-0.2, 0) is 0 Å². The van der Waals surface area contributed by atoms with E-state index in [2.05, 4.69) is 23.5 Å². The van der Waals surface area contributed by atoms with Crippen molar-refractivity contribution in [2.45, 2.75) is 45.1 Å². The highest BCUT2D eigenvalue weighted by atomic mass is 32.2. The molecule has 0 fully saturated rings. The van der Waals surface area contributed by atoms with Gasteiger partial charge in [-0.3, -0.25) is 4.99 Å². The summed E-state index contributed by atoms with van der Waals surface area (Å²) in [5.74, 6) is 2.48. The molecular weight excluding hydrogens is 192 g/mol. The lowest BCUT2D eigenvalue weighted by Gasteiger charge is -2.15. The first-order chi connectivity index (χ1) is 6.83. The van der Waals surface area contributed by atoms with Gasteiger partial charge in [-0.15, -0.1) is 0 Å². The van der Waals surface area contributed by atoms with E-state index in [0.717, 1.165) is 13.0 Å². The minimum absolute atomic E-state index is 0.583. The first-order valence-electron chi connectivity index (χ1n) is 5.61. The van der Waals surface area contributed by atoms with Crippen LogP contribution in [0.3, 0.4) is 0 Å². The number of hydrogen-bond donors (Lipinski definition) is 1. The van der Waals surface area contributed by atoms with Gasteiger partial charge in [-0.2, -0.15) is 11.8 Å². The summed E-state index contributed by atoms with van der Waals surface area (Å²) in [4.78, 5) is 4.57. The number of thioether (sulfide) groups is 1.